The molecule has 4 nitrogen and oxygen atoms in total. The standard InChI is InChI=1S/C15H12ClNO3S/c16-9-4-5-11(10(7-9)15(19)20)17-14(18)13-6-8-2-1-3-12(8)21-13/h4-7H,1-3H2,(H,17,18)(H,19,20). The molecule has 1 aromatic heterocycles. The molecule has 0 spiro atoms. The Labute approximate surface area is 130 Å². The highest BCUT2D eigenvalue weighted by molar-refractivity contribution is 7.14. The van der Waals surface area contributed by atoms with Gasteiger partial charge in [0.2, 0.25) is 0 Å². The molecule has 0 saturated heterocycles. The van der Waals surface area contributed by atoms with Crippen molar-refractivity contribution in [3.05, 3.63) is 50.2 Å². The van der Waals surface area contributed by atoms with E-state index in [9.17, 15) is 9.59 Å². The summed E-state index contributed by atoms with van der Waals surface area (Å²) in [6.45, 7) is 0. The van der Waals surface area contributed by atoms with Crippen LogP contribution >= 0.6 is 22.9 Å². The molecule has 0 atom stereocenters. The maximum atomic E-state index is 12.3. The summed E-state index contributed by atoms with van der Waals surface area (Å²) in [5, 5.41) is 12.1. The van der Waals surface area contributed by atoms with Crippen molar-refractivity contribution < 1.29 is 14.7 Å². The fraction of sp³-hybridized carbons (Fsp3) is 0.200. The Morgan fingerprint density at radius 1 is 1.24 bits per heavy atom. The number of rotatable bonds is 3. The Kier molecular flexibility index (Phi) is 3.69. The molecule has 0 fully saturated rings. The Hall–Kier alpha value is -1.85. The van der Waals surface area contributed by atoms with Gasteiger partial charge in [-0.2, -0.15) is 0 Å². The molecule has 1 amide bonds. The minimum absolute atomic E-state index is 0.0139. The molecular formula is C15H12ClNO3S. The van der Waals surface area contributed by atoms with E-state index in [4.69, 9.17) is 16.7 Å². The zero-order valence-electron chi connectivity index (χ0n) is 11.0. The number of halogens is 1. The second-order valence-electron chi connectivity index (χ2n) is 4.86. The second kappa shape index (κ2) is 5.50. The van der Waals surface area contributed by atoms with E-state index in [1.807, 2.05) is 6.07 Å². The normalized spacial score (nSPS) is 13.0. The van der Waals surface area contributed by atoms with Crippen molar-refractivity contribution in [1.82, 2.24) is 0 Å². The average molecular weight is 322 g/mol. The minimum Gasteiger partial charge on any atom is -0.478 e. The van der Waals surface area contributed by atoms with Crippen LogP contribution in [0.2, 0.25) is 5.02 Å². The first-order chi connectivity index (χ1) is 10.0. The Bertz CT molecular complexity index is 717. The number of aryl methyl sites for hydroxylation is 2. The number of aromatic carboxylic acids is 1. The van der Waals surface area contributed by atoms with Gasteiger partial charge < -0.3 is 10.4 Å². The number of amides is 1. The fourth-order valence-corrected chi connectivity index (χ4v) is 3.75. The van der Waals surface area contributed by atoms with Crippen LogP contribution in [0, 0.1) is 0 Å². The summed E-state index contributed by atoms with van der Waals surface area (Å²) < 4.78 is 0. The molecule has 6 heteroatoms. The van der Waals surface area contributed by atoms with E-state index in [1.165, 1.54) is 33.9 Å². The van der Waals surface area contributed by atoms with Crippen molar-refractivity contribution >= 4 is 40.5 Å². The topological polar surface area (TPSA) is 66.4 Å². The van der Waals surface area contributed by atoms with Crippen molar-refractivity contribution in [2.75, 3.05) is 5.32 Å². The van der Waals surface area contributed by atoms with Crippen molar-refractivity contribution in [2.24, 2.45) is 0 Å². The minimum atomic E-state index is -1.12. The smallest absolute Gasteiger partial charge is 0.337 e. The van der Waals surface area contributed by atoms with Gasteiger partial charge in [0, 0.05) is 9.90 Å². The highest BCUT2D eigenvalue weighted by Crippen LogP contribution is 2.31. The molecule has 1 aromatic carbocycles. The van der Waals surface area contributed by atoms with E-state index in [0.29, 0.717) is 9.90 Å². The lowest BCUT2D eigenvalue weighted by Crippen LogP contribution is -2.13. The first kappa shape index (κ1) is 14.1. The molecule has 1 aliphatic rings. The molecule has 2 N–H and O–H groups in total. The Morgan fingerprint density at radius 3 is 2.76 bits per heavy atom. The van der Waals surface area contributed by atoms with E-state index in [-0.39, 0.29) is 17.2 Å². The second-order valence-corrected chi connectivity index (χ2v) is 6.43. The van der Waals surface area contributed by atoms with E-state index in [2.05, 4.69) is 5.32 Å². The van der Waals surface area contributed by atoms with Gasteiger partial charge in [0.05, 0.1) is 16.1 Å². The number of thiophene rings is 1. The lowest BCUT2D eigenvalue weighted by atomic mass is 10.1. The third-order valence-corrected chi connectivity index (χ3v) is 4.90. The first-order valence-corrected chi connectivity index (χ1v) is 7.70. The van der Waals surface area contributed by atoms with Crippen LogP contribution < -0.4 is 5.32 Å². The molecule has 0 saturated carbocycles. The van der Waals surface area contributed by atoms with Crippen LogP contribution in [0.3, 0.4) is 0 Å². The SMILES string of the molecule is O=C(Nc1ccc(Cl)cc1C(=O)O)c1cc2c(s1)CCC2. The summed E-state index contributed by atoms with van der Waals surface area (Å²) >= 11 is 7.27. The highest BCUT2D eigenvalue weighted by atomic mass is 35.5. The van der Waals surface area contributed by atoms with E-state index >= 15 is 0 Å². The molecule has 108 valence electrons. The maximum Gasteiger partial charge on any atom is 0.337 e. The number of nitrogens with one attached hydrogen (secondary N) is 1. The Balaban J connectivity index is 1.86. The van der Waals surface area contributed by atoms with Gasteiger partial charge in [0.1, 0.15) is 0 Å². The van der Waals surface area contributed by atoms with Crippen molar-refractivity contribution in [3.8, 4) is 0 Å². The number of hydrogen-bond donors (Lipinski definition) is 2. The molecule has 0 aliphatic heterocycles. The largest absolute Gasteiger partial charge is 0.478 e. The van der Waals surface area contributed by atoms with Crippen LogP contribution in [0.4, 0.5) is 5.69 Å². The summed E-state index contributed by atoms with van der Waals surface area (Å²) in [6.07, 6.45) is 3.18. The molecular weight excluding hydrogens is 310 g/mol. The molecule has 21 heavy (non-hydrogen) atoms. The molecule has 0 radical (unpaired) electrons. The number of fused-ring (bicyclic) bond motifs is 1. The molecule has 0 unspecified atom stereocenters. The van der Waals surface area contributed by atoms with Crippen LogP contribution in [0.5, 0.6) is 0 Å². The number of hydrogen-bond acceptors (Lipinski definition) is 3. The number of carbonyl (C=O) groups is 2. The van der Waals surface area contributed by atoms with Gasteiger partial charge in [-0.25, -0.2) is 4.79 Å². The lowest BCUT2D eigenvalue weighted by Gasteiger charge is -2.08. The number of carboxylic acid groups (broad SMARTS) is 1. The van der Waals surface area contributed by atoms with Crippen LogP contribution in [-0.2, 0) is 12.8 Å². The Morgan fingerprint density at radius 2 is 2.05 bits per heavy atom. The van der Waals surface area contributed by atoms with Crippen LogP contribution in [-0.4, -0.2) is 17.0 Å². The maximum absolute atomic E-state index is 12.3. The van der Waals surface area contributed by atoms with Crippen molar-refractivity contribution in [1.29, 1.82) is 0 Å². The number of carboxylic acids is 1. The molecule has 3 rings (SSSR count). The molecule has 1 heterocycles. The predicted molar refractivity (Wildman–Crippen MR) is 82.7 cm³/mol. The lowest BCUT2D eigenvalue weighted by molar-refractivity contribution is 0.0698. The summed E-state index contributed by atoms with van der Waals surface area (Å²) in [4.78, 5) is 25.3. The number of carbonyl (C=O) groups excluding carboxylic acids is 1. The monoisotopic (exact) mass is 321 g/mol. The third kappa shape index (κ3) is 2.80. The fourth-order valence-electron chi connectivity index (χ4n) is 2.43. The van der Waals surface area contributed by atoms with Crippen LogP contribution in [0.25, 0.3) is 0 Å². The van der Waals surface area contributed by atoms with E-state index < -0.39 is 5.97 Å². The van der Waals surface area contributed by atoms with Gasteiger partial charge in [0.25, 0.3) is 5.91 Å². The van der Waals surface area contributed by atoms with Gasteiger partial charge in [-0.3, -0.25) is 4.79 Å². The van der Waals surface area contributed by atoms with Gasteiger partial charge in [-0.15, -0.1) is 11.3 Å². The average Bonchev–Trinajstić information content (AvgIpc) is 3.01. The highest BCUT2D eigenvalue weighted by Gasteiger charge is 2.20. The number of anilines is 1. The molecule has 1 aliphatic carbocycles. The summed E-state index contributed by atoms with van der Waals surface area (Å²) in [5.41, 5.74) is 1.48. The van der Waals surface area contributed by atoms with Gasteiger partial charge in [0.15, 0.2) is 0 Å². The first-order valence-electron chi connectivity index (χ1n) is 6.50. The van der Waals surface area contributed by atoms with Gasteiger partial charge in [-0.05, 0) is 49.1 Å². The van der Waals surface area contributed by atoms with E-state index in [0.717, 1.165) is 19.3 Å². The third-order valence-electron chi connectivity index (χ3n) is 3.43. The van der Waals surface area contributed by atoms with Gasteiger partial charge in [-0.1, -0.05) is 11.6 Å². The van der Waals surface area contributed by atoms with Crippen molar-refractivity contribution in [2.45, 2.75) is 19.3 Å². The summed E-state index contributed by atoms with van der Waals surface area (Å²) in [7, 11) is 0. The van der Waals surface area contributed by atoms with E-state index in [1.54, 1.807) is 6.07 Å². The zero-order chi connectivity index (χ0) is 15.0. The zero-order valence-corrected chi connectivity index (χ0v) is 12.6. The predicted octanol–water partition coefficient (Wildman–Crippen LogP) is 3.84. The molecule has 2 aromatic rings. The van der Waals surface area contributed by atoms with Crippen LogP contribution in [0.15, 0.2) is 24.3 Å². The summed E-state index contributed by atoms with van der Waals surface area (Å²) in [6, 6.07) is 6.29. The number of benzene rings is 1. The van der Waals surface area contributed by atoms with Gasteiger partial charge >= 0.3 is 5.97 Å². The van der Waals surface area contributed by atoms with Crippen molar-refractivity contribution in [3.63, 3.8) is 0 Å². The van der Waals surface area contributed by atoms with Crippen LogP contribution in [0.1, 0.15) is 36.9 Å². The molecule has 0 bridgehead atoms. The quantitative estimate of drug-likeness (QED) is 0.902. The summed E-state index contributed by atoms with van der Waals surface area (Å²) in [5.74, 6) is -1.40.